The quantitative estimate of drug-likeness (QED) is 0.763. The highest BCUT2D eigenvalue weighted by molar-refractivity contribution is 5.94. The Morgan fingerprint density at radius 2 is 1.40 bits per heavy atom. The highest BCUT2D eigenvalue weighted by Gasteiger charge is 2.18. The van der Waals surface area contributed by atoms with E-state index in [9.17, 15) is 15.0 Å². The lowest BCUT2D eigenvalue weighted by molar-refractivity contribution is 0.0689. The van der Waals surface area contributed by atoms with Gasteiger partial charge in [0.15, 0.2) is 11.5 Å². The van der Waals surface area contributed by atoms with E-state index in [1.807, 2.05) is 12.1 Å². The van der Waals surface area contributed by atoms with Gasteiger partial charge in [-0.3, -0.25) is 0 Å². The van der Waals surface area contributed by atoms with Crippen molar-refractivity contribution >= 4 is 5.97 Å². The summed E-state index contributed by atoms with van der Waals surface area (Å²) in [4.78, 5) is 11.4. The lowest BCUT2D eigenvalue weighted by Crippen LogP contribution is -2.05. The van der Waals surface area contributed by atoms with Crippen molar-refractivity contribution in [1.29, 1.82) is 0 Å². The second-order valence-corrected chi connectivity index (χ2v) is 5.54. The molecule has 0 spiro atoms. The minimum atomic E-state index is -1.09. The normalized spacial score (nSPS) is 10.4. The third kappa shape index (κ3) is 4.35. The number of carboxylic acid groups (broad SMARTS) is 1. The number of hydrogen-bond donors (Lipinski definition) is 2. The molecule has 0 heterocycles. The van der Waals surface area contributed by atoms with E-state index in [0.717, 1.165) is 30.4 Å². The van der Waals surface area contributed by atoms with Crippen molar-refractivity contribution in [3.8, 4) is 23.0 Å². The van der Waals surface area contributed by atoms with Crippen LogP contribution < -0.4 is 14.2 Å². The summed E-state index contributed by atoms with van der Waals surface area (Å²) in [5.74, 6) is 0.0503. The van der Waals surface area contributed by atoms with Crippen LogP contribution in [0.1, 0.15) is 27.9 Å². The Kier molecular flexibility index (Phi) is 6.11. The number of hydrogen-bond acceptors (Lipinski definition) is 5. The number of phenolic OH excluding ortho intramolecular Hbond substituents is 1. The lowest BCUT2D eigenvalue weighted by Gasteiger charge is -2.13. The molecule has 25 heavy (non-hydrogen) atoms. The van der Waals surface area contributed by atoms with Crippen LogP contribution in [0.15, 0.2) is 30.3 Å². The van der Waals surface area contributed by atoms with Gasteiger partial charge in [0.25, 0.3) is 0 Å². The van der Waals surface area contributed by atoms with Crippen LogP contribution in [0.25, 0.3) is 0 Å². The Balaban J connectivity index is 2.12. The van der Waals surface area contributed by atoms with E-state index in [1.165, 1.54) is 21.3 Å². The van der Waals surface area contributed by atoms with Gasteiger partial charge >= 0.3 is 5.97 Å². The minimum Gasteiger partial charge on any atom is -0.504 e. The van der Waals surface area contributed by atoms with Crippen molar-refractivity contribution in [3.05, 3.63) is 47.0 Å². The van der Waals surface area contributed by atoms with Crippen LogP contribution in [0.2, 0.25) is 0 Å². The van der Waals surface area contributed by atoms with Gasteiger partial charge in [0.1, 0.15) is 17.1 Å². The van der Waals surface area contributed by atoms with Crippen LogP contribution in [0.3, 0.4) is 0 Å². The first-order valence-corrected chi connectivity index (χ1v) is 7.84. The molecular weight excluding hydrogens is 324 g/mol. The number of phenols is 1. The number of ether oxygens (including phenoxy) is 3. The molecule has 6 heteroatoms. The first-order valence-electron chi connectivity index (χ1n) is 7.84. The van der Waals surface area contributed by atoms with Crippen LogP contribution >= 0.6 is 0 Å². The van der Waals surface area contributed by atoms with Gasteiger partial charge in [0, 0.05) is 0 Å². The molecule has 0 aromatic heterocycles. The zero-order valence-corrected chi connectivity index (χ0v) is 14.5. The molecule has 2 rings (SSSR count). The number of aromatic hydroxyl groups is 1. The van der Waals surface area contributed by atoms with Crippen LogP contribution in [0.4, 0.5) is 0 Å². The summed E-state index contributed by atoms with van der Waals surface area (Å²) in [5, 5.41) is 18.9. The monoisotopic (exact) mass is 346 g/mol. The average molecular weight is 346 g/mol. The van der Waals surface area contributed by atoms with Gasteiger partial charge in [0.05, 0.1) is 21.3 Å². The highest BCUT2D eigenvalue weighted by Crippen LogP contribution is 2.31. The van der Waals surface area contributed by atoms with Gasteiger partial charge in [-0.25, -0.2) is 4.79 Å². The maximum Gasteiger partial charge on any atom is 0.343 e. The molecule has 0 aliphatic carbocycles. The molecule has 6 nitrogen and oxygen atoms in total. The van der Waals surface area contributed by atoms with E-state index in [1.54, 1.807) is 18.2 Å². The SMILES string of the molecule is COc1cc(CCCc2cc(OC)c(C(=O)O)c(OC)c2)ccc1O. The van der Waals surface area contributed by atoms with Crippen molar-refractivity contribution in [2.75, 3.05) is 21.3 Å². The molecule has 0 atom stereocenters. The number of carboxylic acids is 1. The third-order valence-electron chi connectivity index (χ3n) is 3.95. The maximum atomic E-state index is 11.4. The largest absolute Gasteiger partial charge is 0.504 e. The summed E-state index contributed by atoms with van der Waals surface area (Å²) in [6, 6.07) is 8.73. The van der Waals surface area contributed by atoms with Gasteiger partial charge in [-0.2, -0.15) is 0 Å². The number of aryl methyl sites for hydroxylation is 2. The van der Waals surface area contributed by atoms with E-state index < -0.39 is 5.97 Å². The summed E-state index contributed by atoms with van der Waals surface area (Å²) < 4.78 is 15.5. The number of carbonyl (C=O) groups is 1. The molecule has 2 aromatic carbocycles. The number of benzene rings is 2. The fraction of sp³-hybridized carbons (Fsp3) is 0.316. The van der Waals surface area contributed by atoms with Crippen molar-refractivity contribution in [3.63, 3.8) is 0 Å². The summed E-state index contributed by atoms with van der Waals surface area (Å²) in [6.07, 6.45) is 2.37. The maximum absolute atomic E-state index is 11.4. The standard InChI is InChI=1S/C19H22O6/c1-23-15-9-12(7-8-14(15)20)5-4-6-13-10-16(24-2)18(19(21)22)17(11-13)25-3/h7-11,20H,4-6H2,1-3H3,(H,21,22). The molecule has 134 valence electrons. The van der Waals surface area contributed by atoms with E-state index in [4.69, 9.17) is 14.2 Å². The van der Waals surface area contributed by atoms with E-state index >= 15 is 0 Å². The van der Waals surface area contributed by atoms with Crippen molar-refractivity contribution < 1.29 is 29.2 Å². The molecule has 0 fully saturated rings. The summed E-state index contributed by atoms with van der Waals surface area (Å²) in [5.41, 5.74) is 2.01. The minimum absolute atomic E-state index is 0.0250. The van der Waals surface area contributed by atoms with Crippen LogP contribution in [0, 0.1) is 0 Å². The molecule has 0 unspecified atom stereocenters. The smallest absolute Gasteiger partial charge is 0.343 e. The van der Waals surface area contributed by atoms with Crippen molar-refractivity contribution in [1.82, 2.24) is 0 Å². The number of rotatable bonds is 8. The van der Waals surface area contributed by atoms with Crippen molar-refractivity contribution in [2.24, 2.45) is 0 Å². The van der Waals surface area contributed by atoms with Crippen LogP contribution in [-0.2, 0) is 12.8 Å². The third-order valence-corrected chi connectivity index (χ3v) is 3.95. The van der Waals surface area contributed by atoms with E-state index in [2.05, 4.69) is 0 Å². The Labute approximate surface area is 146 Å². The summed E-state index contributed by atoms with van der Waals surface area (Å²) in [7, 11) is 4.39. The molecule has 2 aromatic rings. The molecule has 0 amide bonds. The molecular formula is C19H22O6. The Morgan fingerprint density at radius 1 is 0.880 bits per heavy atom. The lowest BCUT2D eigenvalue weighted by atomic mass is 10.0. The summed E-state index contributed by atoms with van der Waals surface area (Å²) in [6.45, 7) is 0. The molecule has 0 saturated heterocycles. The van der Waals surface area contributed by atoms with Gasteiger partial charge < -0.3 is 24.4 Å². The van der Waals surface area contributed by atoms with Gasteiger partial charge in [-0.05, 0) is 54.7 Å². The van der Waals surface area contributed by atoms with Crippen LogP contribution in [0.5, 0.6) is 23.0 Å². The molecule has 0 aliphatic heterocycles. The summed E-state index contributed by atoms with van der Waals surface area (Å²) >= 11 is 0. The highest BCUT2D eigenvalue weighted by atomic mass is 16.5. The zero-order chi connectivity index (χ0) is 18.4. The Bertz CT molecular complexity index is 729. The molecule has 0 radical (unpaired) electrons. The average Bonchev–Trinajstić information content (AvgIpc) is 2.61. The predicted octanol–water partition coefficient (Wildman–Crippen LogP) is 3.29. The van der Waals surface area contributed by atoms with Crippen molar-refractivity contribution in [2.45, 2.75) is 19.3 Å². The topological polar surface area (TPSA) is 85.2 Å². The number of methoxy groups -OCH3 is 3. The second kappa shape index (κ2) is 8.28. The fourth-order valence-electron chi connectivity index (χ4n) is 2.70. The first kappa shape index (κ1) is 18.4. The first-order chi connectivity index (χ1) is 12.0. The van der Waals surface area contributed by atoms with Crippen LogP contribution in [-0.4, -0.2) is 37.5 Å². The second-order valence-electron chi connectivity index (χ2n) is 5.54. The Hall–Kier alpha value is -2.89. The van der Waals surface area contributed by atoms with E-state index in [0.29, 0.717) is 5.75 Å². The van der Waals surface area contributed by atoms with Gasteiger partial charge in [0.2, 0.25) is 0 Å². The van der Waals surface area contributed by atoms with E-state index in [-0.39, 0.29) is 22.8 Å². The predicted molar refractivity (Wildman–Crippen MR) is 93.2 cm³/mol. The molecule has 0 aliphatic rings. The number of aromatic carboxylic acids is 1. The Morgan fingerprint density at radius 3 is 1.92 bits per heavy atom. The molecule has 0 saturated carbocycles. The van der Waals surface area contributed by atoms with Gasteiger partial charge in [-0.1, -0.05) is 6.07 Å². The zero-order valence-electron chi connectivity index (χ0n) is 14.5. The van der Waals surface area contributed by atoms with Gasteiger partial charge in [-0.15, -0.1) is 0 Å². The molecule has 0 bridgehead atoms. The molecule has 2 N–H and O–H groups in total. The fourth-order valence-corrected chi connectivity index (χ4v) is 2.70.